The van der Waals surface area contributed by atoms with Crippen molar-refractivity contribution in [3.63, 3.8) is 0 Å². The molecule has 2 aliphatic rings. The van der Waals surface area contributed by atoms with E-state index in [9.17, 15) is 14.4 Å². The van der Waals surface area contributed by atoms with Gasteiger partial charge >= 0.3 is 5.97 Å². The molecular formula is C22H32N2O4S. The van der Waals surface area contributed by atoms with Gasteiger partial charge in [0, 0.05) is 16.8 Å². The van der Waals surface area contributed by atoms with Crippen LogP contribution in [0.1, 0.15) is 73.7 Å². The van der Waals surface area contributed by atoms with Crippen molar-refractivity contribution >= 4 is 34.1 Å². The first-order chi connectivity index (χ1) is 13.7. The van der Waals surface area contributed by atoms with Gasteiger partial charge in [-0.25, -0.2) is 4.79 Å². The van der Waals surface area contributed by atoms with Gasteiger partial charge in [-0.1, -0.05) is 26.7 Å². The van der Waals surface area contributed by atoms with E-state index in [1.165, 1.54) is 17.8 Å². The number of carbonyl (C=O) groups excluding carboxylic acids is 3. The predicted molar refractivity (Wildman–Crippen MR) is 114 cm³/mol. The van der Waals surface area contributed by atoms with Gasteiger partial charge in [0.1, 0.15) is 5.00 Å². The predicted octanol–water partition coefficient (Wildman–Crippen LogP) is 4.20. The van der Waals surface area contributed by atoms with Gasteiger partial charge in [0.25, 0.3) is 5.91 Å². The summed E-state index contributed by atoms with van der Waals surface area (Å²) < 4.78 is 5.50. The van der Waals surface area contributed by atoms with Crippen LogP contribution in [0.25, 0.3) is 0 Å². The number of amides is 2. The molecule has 2 fully saturated rings. The fourth-order valence-corrected chi connectivity index (χ4v) is 4.93. The van der Waals surface area contributed by atoms with Gasteiger partial charge < -0.3 is 15.4 Å². The number of hydrogen-bond acceptors (Lipinski definition) is 5. The van der Waals surface area contributed by atoms with Gasteiger partial charge in [-0.3, -0.25) is 9.59 Å². The average Bonchev–Trinajstić information content (AvgIpc) is 3.46. The van der Waals surface area contributed by atoms with Crippen LogP contribution in [0.4, 0.5) is 5.00 Å². The van der Waals surface area contributed by atoms with Crippen LogP contribution >= 0.6 is 11.3 Å². The second-order valence-electron chi connectivity index (χ2n) is 8.68. The van der Waals surface area contributed by atoms with Crippen molar-refractivity contribution in [2.45, 2.75) is 78.9 Å². The topological polar surface area (TPSA) is 84.5 Å². The summed E-state index contributed by atoms with van der Waals surface area (Å²) in [6.07, 6.45) is 4.14. The van der Waals surface area contributed by atoms with Gasteiger partial charge in [-0.05, 0) is 57.4 Å². The fraction of sp³-hybridized carbons (Fsp3) is 0.682. The second-order valence-corrected chi connectivity index (χ2v) is 9.91. The maximum Gasteiger partial charge on any atom is 0.342 e. The molecule has 2 saturated carbocycles. The maximum atomic E-state index is 12.8. The van der Waals surface area contributed by atoms with Gasteiger partial charge in [-0.15, -0.1) is 11.3 Å². The third-order valence-electron chi connectivity index (χ3n) is 6.46. The smallest absolute Gasteiger partial charge is 0.342 e. The van der Waals surface area contributed by atoms with Crippen LogP contribution in [-0.2, 0) is 14.3 Å². The lowest BCUT2D eigenvalue weighted by Crippen LogP contribution is -2.47. The van der Waals surface area contributed by atoms with E-state index in [0.29, 0.717) is 22.4 Å². The van der Waals surface area contributed by atoms with Crippen LogP contribution in [0.3, 0.4) is 0 Å². The van der Waals surface area contributed by atoms with Gasteiger partial charge in [0.05, 0.1) is 5.56 Å². The SMILES string of the molecule is Cc1sc(NC(=O)C2CC2)c(C(=O)O[C@@H](C)C(=O)N[C@@H]2CCC[C@H](C)[C@@H]2C)c1C. The number of anilines is 1. The number of rotatable bonds is 6. The Morgan fingerprint density at radius 2 is 1.79 bits per heavy atom. The number of esters is 1. The molecule has 1 heterocycles. The van der Waals surface area contributed by atoms with E-state index in [4.69, 9.17) is 4.74 Å². The van der Waals surface area contributed by atoms with Gasteiger partial charge in [-0.2, -0.15) is 0 Å². The molecule has 0 radical (unpaired) electrons. The Labute approximate surface area is 176 Å². The monoisotopic (exact) mass is 420 g/mol. The summed E-state index contributed by atoms with van der Waals surface area (Å²) in [5.74, 6) is 0.142. The molecule has 0 bridgehead atoms. The third kappa shape index (κ3) is 5.00. The summed E-state index contributed by atoms with van der Waals surface area (Å²) >= 11 is 1.37. The van der Waals surface area contributed by atoms with E-state index in [1.54, 1.807) is 6.92 Å². The van der Waals surface area contributed by atoms with E-state index < -0.39 is 12.1 Å². The van der Waals surface area contributed by atoms with E-state index >= 15 is 0 Å². The first kappa shape index (κ1) is 21.8. The lowest BCUT2D eigenvalue weighted by atomic mass is 9.78. The lowest BCUT2D eigenvalue weighted by Gasteiger charge is -2.35. The Kier molecular flexibility index (Phi) is 6.66. The zero-order valence-electron chi connectivity index (χ0n) is 18.0. The van der Waals surface area contributed by atoms with Gasteiger partial charge in [0.2, 0.25) is 5.91 Å². The van der Waals surface area contributed by atoms with Crippen LogP contribution < -0.4 is 10.6 Å². The molecule has 160 valence electrons. The summed E-state index contributed by atoms with van der Waals surface area (Å²) in [6, 6.07) is 0.117. The largest absolute Gasteiger partial charge is 0.449 e. The minimum Gasteiger partial charge on any atom is -0.449 e. The summed E-state index contributed by atoms with van der Waals surface area (Å²) in [5, 5.41) is 6.45. The molecular weight excluding hydrogens is 388 g/mol. The Morgan fingerprint density at radius 3 is 2.45 bits per heavy atom. The Hall–Kier alpha value is -1.89. The first-order valence-corrected chi connectivity index (χ1v) is 11.4. The van der Waals surface area contributed by atoms with Crippen LogP contribution in [0.5, 0.6) is 0 Å². The molecule has 29 heavy (non-hydrogen) atoms. The normalized spacial score (nSPS) is 25.2. The number of carbonyl (C=O) groups is 3. The number of ether oxygens (including phenoxy) is 1. The number of nitrogens with one attached hydrogen (secondary N) is 2. The molecule has 2 amide bonds. The summed E-state index contributed by atoms with van der Waals surface area (Å²) in [7, 11) is 0. The number of thiophene rings is 1. The Morgan fingerprint density at radius 1 is 1.10 bits per heavy atom. The highest BCUT2D eigenvalue weighted by molar-refractivity contribution is 7.16. The van der Waals surface area contributed by atoms with E-state index in [0.717, 1.165) is 36.1 Å². The summed E-state index contributed by atoms with van der Waals surface area (Å²) in [6.45, 7) is 9.72. The van der Waals surface area contributed by atoms with Crippen LogP contribution in [-0.4, -0.2) is 29.9 Å². The highest BCUT2D eigenvalue weighted by atomic mass is 32.1. The third-order valence-corrected chi connectivity index (χ3v) is 7.58. The Bertz CT molecular complexity index is 799. The Balaban J connectivity index is 1.64. The standard InChI is InChI=1S/C22H32N2O4S/c1-11-7-6-8-17(12(11)2)23-19(25)14(4)28-22(27)18-13(3)15(5)29-21(18)24-20(26)16-9-10-16/h11-12,14,16-17H,6-10H2,1-5H3,(H,23,25)(H,24,26)/t11-,12-,14-,17+/m0/s1. The van der Waals surface area contributed by atoms with Crippen molar-refractivity contribution < 1.29 is 19.1 Å². The molecule has 0 unspecified atom stereocenters. The molecule has 0 saturated heterocycles. The summed E-state index contributed by atoms with van der Waals surface area (Å²) in [4.78, 5) is 38.6. The molecule has 0 aromatic carbocycles. The second kappa shape index (κ2) is 8.86. The minimum absolute atomic E-state index is 0.0474. The average molecular weight is 421 g/mol. The van der Waals surface area contributed by atoms with E-state index in [2.05, 4.69) is 24.5 Å². The van der Waals surface area contributed by atoms with Crippen LogP contribution in [0.15, 0.2) is 0 Å². The van der Waals surface area contributed by atoms with Crippen LogP contribution in [0.2, 0.25) is 0 Å². The van der Waals surface area contributed by atoms with E-state index in [1.807, 2.05) is 13.8 Å². The first-order valence-electron chi connectivity index (χ1n) is 10.6. The maximum absolute atomic E-state index is 12.8. The zero-order valence-corrected chi connectivity index (χ0v) is 18.8. The van der Waals surface area contributed by atoms with Gasteiger partial charge in [0.15, 0.2) is 6.10 Å². The quantitative estimate of drug-likeness (QED) is 0.676. The number of aryl methyl sites for hydroxylation is 1. The van der Waals surface area contributed by atoms with Crippen molar-refractivity contribution in [1.29, 1.82) is 0 Å². The highest BCUT2D eigenvalue weighted by Gasteiger charge is 2.33. The van der Waals surface area contributed by atoms with Crippen molar-refractivity contribution in [1.82, 2.24) is 5.32 Å². The number of hydrogen-bond donors (Lipinski definition) is 2. The molecule has 1 aromatic rings. The van der Waals surface area contributed by atoms with Crippen molar-refractivity contribution in [2.24, 2.45) is 17.8 Å². The van der Waals surface area contributed by atoms with E-state index in [-0.39, 0.29) is 23.8 Å². The molecule has 6 nitrogen and oxygen atoms in total. The van der Waals surface area contributed by atoms with Crippen molar-refractivity contribution in [3.05, 3.63) is 16.0 Å². The van der Waals surface area contributed by atoms with Crippen molar-refractivity contribution in [2.75, 3.05) is 5.32 Å². The highest BCUT2D eigenvalue weighted by Crippen LogP contribution is 2.36. The fourth-order valence-electron chi connectivity index (χ4n) is 3.88. The zero-order chi connectivity index (χ0) is 21.3. The molecule has 2 aliphatic carbocycles. The molecule has 3 rings (SSSR count). The lowest BCUT2D eigenvalue weighted by molar-refractivity contribution is -0.130. The molecule has 4 atom stereocenters. The molecule has 0 aliphatic heterocycles. The molecule has 1 aromatic heterocycles. The van der Waals surface area contributed by atoms with Crippen LogP contribution in [0, 0.1) is 31.6 Å². The minimum atomic E-state index is -0.890. The molecule has 2 N–H and O–H groups in total. The van der Waals surface area contributed by atoms with Crippen molar-refractivity contribution in [3.8, 4) is 0 Å². The summed E-state index contributed by atoms with van der Waals surface area (Å²) in [5.41, 5.74) is 1.15. The molecule has 7 heteroatoms. The molecule has 0 spiro atoms.